The van der Waals surface area contributed by atoms with E-state index in [4.69, 9.17) is 0 Å². The SMILES string of the molecule is OC(O)(/C=C/c1ccccc1)Nc1ccccc1. The molecule has 0 fully saturated rings. The van der Waals surface area contributed by atoms with E-state index in [-0.39, 0.29) is 0 Å². The Morgan fingerprint density at radius 3 is 2.00 bits per heavy atom. The highest BCUT2D eigenvalue weighted by Crippen LogP contribution is 2.13. The molecule has 0 unspecified atom stereocenters. The summed E-state index contributed by atoms with van der Waals surface area (Å²) in [4.78, 5) is 0. The molecule has 0 atom stereocenters. The van der Waals surface area contributed by atoms with Crippen molar-refractivity contribution in [3.05, 3.63) is 72.3 Å². The number of aliphatic hydroxyl groups is 2. The van der Waals surface area contributed by atoms with Crippen LogP contribution in [0.4, 0.5) is 5.69 Å². The lowest BCUT2D eigenvalue weighted by Crippen LogP contribution is -2.35. The molecule has 0 heterocycles. The maximum Gasteiger partial charge on any atom is 0.265 e. The van der Waals surface area contributed by atoms with E-state index in [0.717, 1.165) is 5.56 Å². The molecule has 2 aromatic carbocycles. The summed E-state index contributed by atoms with van der Waals surface area (Å²) >= 11 is 0. The standard InChI is InChI=1S/C15H15NO2/c17-15(18,16-14-9-5-2-6-10-14)12-11-13-7-3-1-4-8-13/h1-12,16-18H/b12-11+. The summed E-state index contributed by atoms with van der Waals surface area (Å²) in [5.41, 5.74) is 1.54. The number of hydrogen-bond donors (Lipinski definition) is 3. The lowest BCUT2D eigenvalue weighted by atomic mass is 10.2. The average Bonchev–Trinajstić information content (AvgIpc) is 2.38. The van der Waals surface area contributed by atoms with Crippen molar-refractivity contribution in [3.63, 3.8) is 0 Å². The fourth-order valence-electron chi connectivity index (χ4n) is 1.55. The van der Waals surface area contributed by atoms with Gasteiger partial charge in [0.1, 0.15) is 0 Å². The zero-order valence-corrected chi connectivity index (χ0v) is 9.82. The van der Waals surface area contributed by atoms with E-state index >= 15 is 0 Å². The van der Waals surface area contributed by atoms with Crippen LogP contribution >= 0.6 is 0 Å². The molecule has 0 saturated heterocycles. The molecule has 0 spiro atoms. The fraction of sp³-hybridized carbons (Fsp3) is 0.0667. The van der Waals surface area contributed by atoms with Crippen LogP contribution in [0.5, 0.6) is 0 Å². The summed E-state index contributed by atoms with van der Waals surface area (Å²) in [7, 11) is 0. The first-order chi connectivity index (χ1) is 8.66. The number of nitrogens with one attached hydrogen (secondary N) is 1. The number of anilines is 1. The lowest BCUT2D eigenvalue weighted by molar-refractivity contribution is -0.0911. The van der Waals surface area contributed by atoms with Crippen LogP contribution in [0, 0.1) is 0 Å². The zero-order valence-electron chi connectivity index (χ0n) is 9.82. The second-order valence-electron chi connectivity index (χ2n) is 3.96. The molecule has 18 heavy (non-hydrogen) atoms. The number of rotatable bonds is 4. The van der Waals surface area contributed by atoms with Gasteiger partial charge in [0.2, 0.25) is 0 Å². The monoisotopic (exact) mass is 241 g/mol. The van der Waals surface area contributed by atoms with Gasteiger partial charge in [-0.15, -0.1) is 0 Å². The molecule has 0 aliphatic heterocycles. The van der Waals surface area contributed by atoms with Crippen LogP contribution in [0.3, 0.4) is 0 Å². The van der Waals surface area contributed by atoms with E-state index in [1.165, 1.54) is 6.08 Å². The third kappa shape index (κ3) is 3.73. The lowest BCUT2D eigenvalue weighted by Gasteiger charge is -2.20. The van der Waals surface area contributed by atoms with Gasteiger partial charge >= 0.3 is 0 Å². The van der Waals surface area contributed by atoms with Crippen molar-refractivity contribution in [2.24, 2.45) is 0 Å². The topological polar surface area (TPSA) is 52.5 Å². The van der Waals surface area contributed by atoms with Crippen LogP contribution in [-0.4, -0.2) is 16.1 Å². The van der Waals surface area contributed by atoms with Gasteiger partial charge < -0.3 is 15.5 Å². The molecule has 2 aromatic rings. The molecule has 3 nitrogen and oxygen atoms in total. The molecule has 0 saturated carbocycles. The van der Waals surface area contributed by atoms with Gasteiger partial charge in [0.25, 0.3) is 5.91 Å². The van der Waals surface area contributed by atoms with E-state index in [1.807, 2.05) is 48.5 Å². The molecule has 92 valence electrons. The van der Waals surface area contributed by atoms with Crippen LogP contribution in [-0.2, 0) is 0 Å². The average molecular weight is 241 g/mol. The maximum absolute atomic E-state index is 9.79. The van der Waals surface area contributed by atoms with E-state index < -0.39 is 5.91 Å². The van der Waals surface area contributed by atoms with Crippen molar-refractivity contribution in [3.8, 4) is 0 Å². The van der Waals surface area contributed by atoms with Gasteiger partial charge in [-0.3, -0.25) is 0 Å². The molecule has 0 aromatic heterocycles. The van der Waals surface area contributed by atoms with Crippen LogP contribution in [0.15, 0.2) is 66.7 Å². The molecule has 0 radical (unpaired) electrons. The minimum absolute atomic E-state index is 0.639. The number of hydrogen-bond acceptors (Lipinski definition) is 3. The first kappa shape index (κ1) is 12.4. The highest BCUT2D eigenvalue weighted by atomic mass is 16.5. The zero-order chi connectivity index (χ0) is 12.8. The van der Waals surface area contributed by atoms with Crippen molar-refractivity contribution < 1.29 is 10.2 Å². The number of benzene rings is 2. The fourth-order valence-corrected chi connectivity index (χ4v) is 1.55. The third-order valence-corrected chi connectivity index (χ3v) is 2.41. The molecule has 0 aliphatic rings. The van der Waals surface area contributed by atoms with Crippen molar-refractivity contribution in [1.29, 1.82) is 0 Å². The van der Waals surface area contributed by atoms with Gasteiger partial charge in [0.05, 0.1) is 0 Å². The molecule has 0 aliphatic carbocycles. The largest absolute Gasteiger partial charge is 0.346 e. The van der Waals surface area contributed by atoms with E-state index in [1.54, 1.807) is 18.2 Å². The van der Waals surface area contributed by atoms with Gasteiger partial charge in [0.15, 0.2) is 0 Å². The van der Waals surface area contributed by atoms with Gasteiger partial charge in [-0.2, -0.15) is 0 Å². The Morgan fingerprint density at radius 2 is 1.39 bits per heavy atom. The van der Waals surface area contributed by atoms with Crippen LogP contribution in [0.2, 0.25) is 0 Å². The van der Waals surface area contributed by atoms with Crippen LogP contribution in [0.1, 0.15) is 5.56 Å². The maximum atomic E-state index is 9.79. The quantitative estimate of drug-likeness (QED) is 0.721. The highest BCUT2D eigenvalue weighted by molar-refractivity contribution is 5.52. The van der Waals surface area contributed by atoms with E-state index in [0.29, 0.717) is 5.69 Å². The van der Waals surface area contributed by atoms with Crippen molar-refractivity contribution in [1.82, 2.24) is 0 Å². The first-order valence-corrected chi connectivity index (χ1v) is 5.68. The van der Waals surface area contributed by atoms with Crippen molar-refractivity contribution in [2.45, 2.75) is 5.91 Å². The third-order valence-electron chi connectivity index (χ3n) is 2.41. The predicted molar refractivity (Wildman–Crippen MR) is 72.7 cm³/mol. The summed E-state index contributed by atoms with van der Waals surface area (Å²) in [6.07, 6.45) is 2.95. The Hall–Kier alpha value is -2.10. The van der Waals surface area contributed by atoms with E-state index in [2.05, 4.69) is 5.32 Å². The summed E-state index contributed by atoms with van der Waals surface area (Å²) < 4.78 is 0. The Morgan fingerprint density at radius 1 is 0.833 bits per heavy atom. The Kier molecular flexibility index (Phi) is 3.77. The first-order valence-electron chi connectivity index (χ1n) is 5.68. The smallest absolute Gasteiger partial charge is 0.265 e. The highest BCUT2D eigenvalue weighted by Gasteiger charge is 2.17. The molecule has 0 amide bonds. The van der Waals surface area contributed by atoms with Gasteiger partial charge in [0, 0.05) is 5.69 Å². The van der Waals surface area contributed by atoms with Crippen molar-refractivity contribution >= 4 is 11.8 Å². The molecule has 3 heteroatoms. The normalized spacial score (nSPS) is 11.7. The van der Waals surface area contributed by atoms with Gasteiger partial charge in [-0.05, 0) is 23.8 Å². The molecule has 2 rings (SSSR count). The van der Waals surface area contributed by atoms with Crippen LogP contribution in [0.25, 0.3) is 6.08 Å². The van der Waals surface area contributed by atoms with Crippen LogP contribution < -0.4 is 5.32 Å². The predicted octanol–water partition coefficient (Wildman–Crippen LogP) is 2.45. The molecule has 0 bridgehead atoms. The molecular weight excluding hydrogens is 226 g/mol. The Balaban J connectivity index is 2.06. The summed E-state index contributed by atoms with van der Waals surface area (Å²) in [5, 5.41) is 22.2. The molecule has 3 N–H and O–H groups in total. The summed E-state index contributed by atoms with van der Waals surface area (Å²) in [6, 6.07) is 18.5. The minimum atomic E-state index is -2.07. The Bertz CT molecular complexity index is 507. The van der Waals surface area contributed by atoms with E-state index in [9.17, 15) is 10.2 Å². The molecular formula is C15H15NO2. The second-order valence-corrected chi connectivity index (χ2v) is 3.96. The summed E-state index contributed by atoms with van der Waals surface area (Å²) in [5.74, 6) is -2.07. The van der Waals surface area contributed by atoms with Crippen molar-refractivity contribution in [2.75, 3.05) is 5.32 Å². The van der Waals surface area contributed by atoms with Gasteiger partial charge in [-0.25, -0.2) is 0 Å². The van der Waals surface area contributed by atoms with Gasteiger partial charge in [-0.1, -0.05) is 54.6 Å². The number of para-hydroxylation sites is 1. The second kappa shape index (κ2) is 5.49. The summed E-state index contributed by atoms with van der Waals surface area (Å²) in [6.45, 7) is 0. The Labute approximate surface area is 106 Å². The minimum Gasteiger partial charge on any atom is -0.346 e.